The van der Waals surface area contributed by atoms with Gasteiger partial charge in [0.15, 0.2) is 5.82 Å². The molecule has 0 saturated heterocycles. The van der Waals surface area contributed by atoms with Crippen LogP contribution in [0.15, 0.2) is 12.3 Å². The van der Waals surface area contributed by atoms with Gasteiger partial charge in [0, 0.05) is 19.8 Å². The largest absolute Gasteiger partial charge is 0.369 e. The van der Waals surface area contributed by atoms with E-state index in [0.717, 1.165) is 33.1 Å². The summed E-state index contributed by atoms with van der Waals surface area (Å²) >= 11 is 2.31. The smallest absolute Gasteiger partial charge is 0.180 e. The number of halogens is 1. The van der Waals surface area contributed by atoms with E-state index in [1.807, 2.05) is 13.1 Å². The third-order valence-electron chi connectivity index (χ3n) is 2.82. The molecule has 102 valence electrons. The topological polar surface area (TPSA) is 55.6 Å². The molecule has 0 aliphatic heterocycles. The summed E-state index contributed by atoms with van der Waals surface area (Å²) in [6.07, 6.45) is 1.76. The molecular weight excluding hydrogens is 353 g/mol. The Kier molecular flexibility index (Phi) is 4.38. The highest BCUT2D eigenvalue weighted by Crippen LogP contribution is 2.27. The summed E-state index contributed by atoms with van der Waals surface area (Å²) in [5.41, 5.74) is 2.00. The van der Waals surface area contributed by atoms with Crippen molar-refractivity contribution in [3.8, 4) is 11.5 Å². The Morgan fingerprint density at radius 3 is 2.63 bits per heavy atom. The quantitative estimate of drug-likeness (QED) is 0.840. The number of nitrogens with zero attached hydrogens (tertiary/aromatic N) is 4. The maximum absolute atomic E-state index is 4.70. The van der Waals surface area contributed by atoms with Gasteiger partial charge in [-0.2, -0.15) is 5.10 Å². The maximum atomic E-state index is 4.70. The molecule has 2 aromatic heterocycles. The average Bonchev–Trinajstić information content (AvgIpc) is 2.78. The number of hydrogen-bond donors (Lipinski definition) is 1. The van der Waals surface area contributed by atoms with Gasteiger partial charge in [0.05, 0.1) is 9.26 Å². The van der Waals surface area contributed by atoms with Crippen LogP contribution in [0.25, 0.3) is 11.5 Å². The molecule has 0 aliphatic carbocycles. The van der Waals surface area contributed by atoms with Crippen molar-refractivity contribution in [3.63, 3.8) is 0 Å². The van der Waals surface area contributed by atoms with E-state index in [1.165, 1.54) is 0 Å². The third-order valence-corrected chi connectivity index (χ3v) is 3.88. The Morgan fingerprint density at radius 1 is 1.37 bits per heavy atom. The van der Waals surface area contributed by atoms with Crippen LogP contribution in [0.3, 0.4) is 0 Å². The fourth-order valence-corrected chi connectivity index (χ4v) is 2.89. The first kappa shape index (κ1) is 14.2. The lowest BCUT2D eigenvalue weighted by Gasteiger charge is -2.14. The van der Waals surface area contributed by atoms with Crippen LogP contribution in [0.1, 0.15) is 32.4 Å². The van der Waals surface area contributed by atoms with E-state index in [1.54, 1.807) is 10.9 Å². The fraction of sp³-hybridized carbons (Fsp3) is 0.462. The summed E-state index contributed by atoms with van der Waals surface area (Å²) in [7, 11) is 1.90. The van der Waals surface area contributed by atoms with Crippen molar-refractivity contribution in [2.75, 3.05) is 11.9 Å². The predicted molar refractivity (Wildman–Crippen MR) is 85.2 cm³/mol. The van der Waals surface area contributed by atoms with Crippen molar-refractivity contribution >= 4 is 28.4 Å². The van der Waals surface area contributed by atoms with Gasteiger partial charge in [-0.15, -0.1) is 0 Å². The monoisotopic (exact) mass is 371 g/mol. The Labute approximate surface area is 127 Å². The molecule has 0 aromatic carbocycles. The maximum Gasteiger partial charge on any atom is 0.180 e. The first-order valence-corrected chi connectivity index (χ1v) is 7.42. The van der Waals surface area contributed by atoms with Crippen LogP contribution in [-0.2, 0) is 7.05 Å². The first-order valence-electron chi connectivity index (χ1n) is 6.34. The number of nitrogens with one attached hydrogen (secondary N) is 1. The third kappa shape index (κ3) is 2.88. The number of anilines is 1. The van der Waals surface area contributed by atoms with Crippen LogP contribution in [-0.4, -0.2) is 26.3 Å². The summed E-state index contributed by atoms with van der Waals surface area (Å²) in [6, 6.07) is 1.93. The summed E-state index contributed by atoms with van der Waals surface area (Å²) in [4.78, 5) is 9.32. The molecule has 6 heteroatoms. The molecule has 0 fully saturated rings. The highest BCUT2D eigenvalue weighted by molar-refractivity contribution is 14.1. The lowest BCUT2D eigenvalue weighted by molar-refractivity contribution is 0.761. The van der Waals surface area contributed by atoms with Crippen LogP contribution >= 0.6 is 22.6 Å². The van der Waals surface area contributed by atoms with Crippen molar-refractivity contribution in [3.05, 3.63) is 21.5 Å². The second-order valence-corrected chi connectivity index (χ2v) is 5.70. The molecule has 2 heterocycles. The highest BCUT2D eigenvalue weighted by Gasteiger charge is 2.16. The molecule has 5 nitrogen and oxygen atoms in total. The summed E-state index contributed by atoms with van der Waals surface area (Å²) in [6.45, 7) is 7.20. The van der Waals surface area contributed by atoms with Crippen molar-refractivity contribution < 1.29 is 0 Å². The van der Waals surface area contributed by atoms with E-state index in [2.05, 4.69) is 58.8 Å². The van der Waals surface area contributed by atoms with Gasteiger partial charge in [-0.25, -0.2) is 9.97 Å². The average molecular weight is 371 g/mol. The molecule has 0 unspecified atom stereocenters. The van der Waals surface area contributed by atoms with Crippen LogP contribution < -0.4 is 5.32 Å². The molecule has 0 saturated carbocycles. The minimum absolute atomic E-state index is 0.360. The normalized spacial score (nSPS) is 11.1. The molecule has 0 atom stereocenters. The molecule has 0 bridgehead atoms. The molecule has 1 N–H and O–H groups in total. The van der Waals surface area contributed by atoms with Gasteiger partial charge < -0.3 is 5.32 Å². The molecule has 0 radical (unpaired) electrons. The first-order chi connectivity index (χ1) is 9.04. The zero-order chi connectivity index (χ0) is 14.0. The zero-order valence-corrected chi connectivity index (χ0v) is 13.8. The van der Waals surface area contributed by atoms with Gasteiger partial charge in [0.1, 0.15) is 11.5 Å². The van der Waals surface area contributed by atoms with Gasteiger partial charge in [-0.3, -0.25) is 4.68 Å². The van der Waals surface area contributed by atoms with E-state index < -0.39 is 0 Å². The summed E-state index contributed by atoms with van der Waals surface area (Å²) in [5, 5.41) is 7.48. The lowest BCUT2D eigenvalue weighted by atomic mass is 10.1. The van der Waals surface area contributed by atoms with Gasteiger partial charge in [-0.05, 0) is 41.5 Å². The van der Waals surface area contributed by atoms with E-state index in [4.69, 9.17) is 4.98 Å². The number of hydrogen-bond acceptors (Lipinski definition) is 4. The van der Waals surface area contributed by atoms with Crippen LogP contribution in [0.2, 0.25) is 0 Å². The van der Waals surface area contributed by atoms with E-state index in [-0.39, 0.29) is 0 Å². The van der Waals surface area contributed by atoms with Crippen molar-refractivity contribution in [1.29, 1.82) is 0 Å². The van der Waals surface area contributed by atoms with Gasteiger partial charge in [-0.1, -0.05) is 13.8 Å². The Balaban J connectivity index is 2.59. The molecule has 0 aliphatic rings. The minimum Gasteiger partial charge on any atom is -0.369 e. The van der Waals surface area contributed by atoms with E-state index >= 15 is 0 Å². The van der Waals surface area contributed by atoms with Gasteiger partial charge in [0.2, 0.25) is 0 Å². The van der Waals surface area contributed by atoms with Crippen LogP contribution in [0.5, 0.6) is 0 Å². The van der Waals surface area contributed by atoms with Gasteiger partial charge >= 0.3 is 0 Å². The highest BCUT2D eigenvalue weighted by atomic mass is 127. The number of aryl methyl sites for hydroxylation is 1. The van der Waals surface area contributed by atoms with E-state index in [9.17, 15) is 0 Å². The molecule has 2 rings (SSSR count). The molecular formula is C13H18IN5. The number of aromatic nitrogens is 4. The van der Waals surface area contributed by atoms with Crippen LogP contribution in [0, 0.1) is 3.57 Å². The zero-order valence-electron chi connectivity index (χ0n) is 11.6. The summed E-state index contributed by atoms with van der Waals surface area (Å²) < 4.78 is 2.89. The van der Waals surface area contributed by atoms with Crippen molar-refractivity contribution in [1.82, 2.24) is 19.7 Å². The molecule has 2 aromatic rings. The number of rotatable bonds is 4. The van der Waals surface area contributed by atoms with Crippen molar-refractivity contribution in [2.45, 2.75) is 26.7 Å². The lowest BCUT2D eigenvalue weighted by Crippen LogP contribution is -2.10. The predicted octanol–water partition coefficient (Wildman–Crippen LogP) is 3.04. The van der Waals surface area contributed by atoms with Gasteiger partial charge in [0.25, 0.3) is 0 Å². The molecule has 0 amide bonds. The molecule has 19 heavy (non-hydrogen) atoms. The minimum atomic E-state index is 0.360. The molecule has 0 spiro atoms. The van der Waals surface area contributed by atoms with E-state index in [0.29, 0.717) is 5.92 Å². The summed E-state index contributed by atoms with van der Waals surface area (Å²) in [5.74, 6) is 1.98. The SMILES string of the molecule is CCNc1nc(-c2ccnn2C)nc(C(C)C)c1I. The fourth-order valence-electron chi connectivity index (χ4n) is 1.84. The Morgan fingerprint density at radius 2 is 2.11 bits per heavy atom. The van der Waals surface area contributed by atoms with Crippen molar-refractivity contribution in [2.24, 2.45) is 7.05 Å². The van der Waals surface area contributed by atoms with Crippen LogP contribution in [0.4, 0.5) is 5.82 Å². The second kappa shape index (κ2) is 5.85. The Bertz CT molecular complexity index is 576. The second-order valence-electron chi connectivity index (χ2n) is 4.62. The standard InChI is InChI=1S/C13H18IN5/c1-5-15-13-10(14)11(8(2)3)17-12(18-13)9-6-7-16-19(9)4/h6-8H,5H2,1-4H3,(H,15,17,18). The Hall–Kier alpha value is -1.18.